The maximum atomic E-state index is 5.69. The molecule has 0 spiro atoms. The smallest absolute Gasteiger partial charge is 0.0721 e. The summed E-state index contributed by atoms with van der Waals surface area (Å²) >= 11 is 0. The molecule has 4 heteroatoms. The number of hydrogen-bond donors (Lipinski definition) is 1. The van der Waals surface area contributed by atoms with Crippen LogP contribution < -0.4 is 10.2 Å². The van der Waals surface area contributed by atoms with Gasteiger partial charge in [0.25, 0.3) is 0 Å². The van der Waals surface area contributed by atoms with Crippen molar-refractivity contribution in [2.75, 3.05) is 31.1 Å². The molecular weight excluding hydrogens is 250 g/mol. The van der Waals surface area contributed by atoms with Gasteiger partial charge in [-0.15, -0.1) is 0 Å². The van der Waals surface area contributed by atoms with Gasteiger partial charge in [-0.1, -0.05) is 6.92 Å². The first kappa shape index (κ1) is 15.3. The lowest BCUT2D eigenvalue weighted by Crippen LogP contribution is -2.30. The first-order valence-corrected chi connectivity index (χ1v) is 7.76. The minimum Gasteiger partial charge on any atom is -0.377 e. The number of rotatable bonds is 5. The Balaban J connectivity index is 1.99. The molecule has 0 amide bonds. The van der Waals surface area contributed by atoms with Crippen molar-refractivity contribution < 1.29 is 4.74 Å². The zero-order valence-electron chi connectivity index (χ0n) is 12.9. The molecule has 0 saturated carbocycles. The molecule has 0 bridgehead atoms. The fraction of sp³-hybridized carbons (Fsp3) is 0.688. The van der Waals surface area contributed by atoms with Crippen LogP contribution in [-0.4, -0.2) is 37.3 Å². The van der Waals surface area contributed by atoms with Crippen molar-refractivity contribution in [1.82, 2.24) is 10.3 Å². The number of nitrogens with zero attached hydrogens (tertiary/aromatic N) is 2. The maximum Gasteiger partial charge on any atom is 0.0721 e. The van der Waals surface area contributed by atoms with E-state index in [1.54, 1.807) is 0 Å². The Labute approximate surface area is 122 Å². The van der Waals surface area contributed by atoms with Crippen LogP contribution in [0.4, 0.5) is 5.69 Å². The lowest BCUT2D eigenvalue weighted by Gasteiger charge is -2.24. The molecule has 1 aromatic rings. The minimum absolute atomic E-state index is 0.294. The van der Waals surface area contributed by atoms with E-state index in [-0.39, 0.29) is 0 Å². The van der Waals surface area contributed by atoms with E-state index in [4.69, 9.17) is 4.74 Å². The van der Waals surface area contributed by atoms with E-state index >= 15 is 0 Å². The van der Waals surface area contributed by atoms with Crippen LogP contribution in [0.2, 0.25) is 0 Å². The van der Waals surface area contributed by atoms with Crippen molar-refractivity contribution >= 4 is 5.69 Å². The summed E-state index contributed by atoms with van der Waals surface area (Å²) in [5, 5.41) is 3.47. The molecule has 1 saturated heterocycles. The quantitative estimate of drug-likeness (QED) is 0.898. The average Bonchev–Trinajstić information content (AvgIpc) is 2.69. The van der Waals surface area contributed by atoms with Crippen LogP contribution in [0, 0.1) is 0 Å². The average molecular weight is 277 g/mol. The predicted octanol–water partition coefficient (Wildman–Crippen LogP) is 2.76. The number of nitrogens with one attached hydrogen (secondary N) is 1. The van der Waals surface area contributed by atoms with Gasteiger partial charge in [0.2, 0.25) is 0 Å². The third-order valence-corrected chi connectivity index (χ3v) is 3.73. The highest BCUT2D eigenvalue weighted by atomic mass is 16.5. The molecule has 0 aliphatic carbocycles. The summed E-state index contributed by atoms with van der Waals surface area (Å²) in [4.78, 5) is 6.99. The largest absolute Gasteiger partial charge is 0.377 e. The van der Waals surface area contributed by atoms with Crippen LogP contribution in [0.3, 0.4) is 0 Å². The van der Waals surface area contributed by atoms with Gasteiger partial charge in [-0.2, -0.15) is 0 Å². The van der Waals surface area contributed by atoms with Gasteiger partial charge in [0, 0.05) is 25.7 Å². The molecule has 112 valence electrons. The number of aromatic nitrogens is 1. The molecule has 2 unspecified atom stereocenters. The van der Waals surface area contributed by atoms with E-state index < -0.39 is 0 Å². The van der Waals surface area contributed by atoms with E-state index in [9.17, 15) is 0 Å². The van der Waals surface area contributed by atoms with E-state index in [0.29, 0.717) is 12.1 Å². The summed E-state index contributed by atoms with van der Waals surface area (Å²) in [6.45, 7) is 10.4. The fourth-order valence-electron chi connectivity index (χ4n) is 2.53. The molecule has 0 aromatic carbocycles. The molecule has 1 aromatic heterocycles. The van der Waals surface area contributed by atoms with E-state index in [2.05, 4.69) is 48.1 Å². The zero-order chi connectivity index (χ0) is 14.4. The first-order chi connectivity index (χ1) is 9.70. The Morgan fingerprint density at radius 1 is 1.50 bits per heavy atom. The van der Waals surface area contributed by atoms with Crippen LogP contribution >= 0.6 is 0 Å². The Morgan fingerprint density at radius 2 is 2.35 bits per heavy atom. The SMILES string of the molecule is CCCNC(C)c1ccc(N2CCCOC(C)C2)cn1. The third-order valence-electron chi connectivity index (χ3n) is 3.73. The van der Waals surface area contributed by atoms with Gasteiger partial charge < -0.3 is 15.0 Å². The van der Waals surface area contributed by atoms with Crippen LogP contribution in [-0.2, 0) is 4.74 Å². The summed E-state index contributed by atoms with van der Waals surface area (Å²) in [6, 6.07) is 4.64. The summed E-state index contributed by atoms with van der Waals surface area (Å²) in [6.07, 6.45) is 4.52. The topological polar surface area (TPSA) is 37.4 Å². The van der Waals surface area contributed by atoms with Crippen molar-refractivity contribution in [2.45, 2.75) is 45.8 Å². The normalized spacial score (nSPS) is 21.6. The van der Waals surface area contributed by atoms with Crippen molar-refractivity contribution in [3.05, 3.63) is 24.0 Å². The maximum absolute atomic E-state index is 5.69. The highest BCUT2D eigenvalue weighted by Gasteiger charge is 2.16. The Kier molecular flexibility index (Phi) is 5.80. The summed E-state index contributed by atoms with van der Waals surface area (Å²) in [7, 11) is 0. The van der Waals surface area contributed by atoms with Crippen molar-refractivity contribution in [1.29, 1.82) is 0 Å². The number of hydrogen-bond acceptors (Lipinski definition) is 4. The fourth-order valence-corrected chi connectivity index (χ4v) is 2.53. The highest BCUT2D eigenvalue weighted by Crippen LogP contribution is 2.19. The van der Waals surface area contributed by atoms with Crippen molar-refractivity contribution in [3.63, 3.8) is 0 Å². The molecule has 4 nitrogen and oxygen atoms in total. The van der Waals surface area contributed by atoms with Gasteiger partial charge in [-0.05, 0) is 45.4 Å². The van der Waals surface area contributed by atoms with E-state index in [0.717, 1.165) is 44.8 Å². The summed E-state index contributed by atoms with van der Waals surface area (Å²) < 4.78 is 5.69. The van der Waals surface area contributed by atoms with Gasteiger partial charge in [0.1, 0.15) is 0 Å². The summed E-state index contributed by atoms with van der Waals surface area (Å²) in [5.74, 6) is 0. The third kappa shape index (κ3) is 4.18. The predicted molar refractivity (Wildman–Crippen MR) is 83.2 cm³/mol. The zero-order valence-corrected chi connectivity index (χ0v) is 12.9. The number of anilines is 1. The second-order valence-corrected chi connectivity index (χ2v) is 5.60. The minimum atomic E-state index is 0.294. The Hall–Kier alpha value is -1.13. The van der Waals surface area contributed by atoms with Gasteiger partial charge in [-0.25, -0.2) is 0 Å². The first-order valence-electron chi connectivity index (χ1n) is 7.76. The van der Waals surface area contributed by atoms with Crippen molar-refractivity contribution in [3.8, 4) is 0 Å². The molecule has 1 N–H and O–H groups in total. The number of ether oxygens (including phenoxy) is 1. The van der Waals surface area contributed by atoms with Gasteiger partial charge >= 0.3 is 0 Å². The van der Waals surface area contributed by atoms with Gasteiger partial charge in [-0.3, -0.25) is 4.98 Å². The highest BCUT2D eigenvalue weighted by molar-refractivity contribution is 5.45. The molecule has 1 aliphatic heterocycles. The lowest BCUT2D eigenvalue weighted by molar-refractivity contribution is 0.0821. The molecular formula is C16H27N3O. The van der Waals surface area contributed by atoms with Crippen LogP contribution in [0.1, 0.15) is 45.3 Å². The van der Waals surface area contributed by atoms with Crippen LogP contribution in [0.15, 0.2) is 18.3 Å². The second kappa shape index (κ2) is 7.60. The lowest BCUT2D eigenvalue weighted by atomic mass is 10.2. The molecule has 2 rings (SSSR count). The Morgan fingerprint density at radius 3 is 3.05 bits per heavy atom. The van der Waals surface area contributed by atoms with E-state index in [1.807, 2.05) is 6.20 Å². The summed E-state index contributed by atoms with van der Waals surface area (Å²) in [5.41, 5.74) is 2.31. The molecule has 2 heterocycles. The Bertz CT molecular complexity index is 393. The van der Waals surface area contributed by atoms with Crippen LogP contribution in [0.25, 0.3) is 0 Å². The molecule has 1 fully saturated rings. The molecule has 1 aliphatic rings. The number of pyridine rings is 1. The second-order valence-electron chi connectivity index (χ2n) is 5.60. The van der Waals surface area contributed by atoms with Gasteiger partial charge in [0.15, 0.2) is 0 Å². The monoisotopic (exact) mass is 277 g/mol. The molecule has 2 atom stereocenters. The van der Waals surface area contributed by atoms with Crippen molar-refractivity contribution in [2.24, 2.45) is 0 Å². The van der Waals surface area contributed by atoms with Gasteiger partial charge in [0.05, 0.1) is 23.7 Å². The molecule has 20 heavy (non-hydrogen) atoms. The van der Waals surface area contributed by atoms with Crippen LogP contribution in [0.5, 0.6) is 0 Å². The molecule has 0 radical (unpaired) electrons. The van der Waals surface area contributed by atoms with E-state index in [1.165, 1.54) is 5.69 Å². The standard InChI is InChI=1S/C16H27N3O/c1-4-8-17-14(3)16-7-6-15(11-18-16)19-9-5-10-20-13(2)12-19/h6-7,11,13-14,17H,4-5,8-10,12H2,1-3H3.